The van der Waals surface area contributed by atoms with E-state index in [1.54, 1.807) is 0 Å². The van der Waals surface area contributed by atoms with Gasteiger partial charge in [-0.2, -0.15) is 0 Å². The van der Waals surface area contributed by atoms with Gasteiger partial charge in [-0.25, -0.2) is 0 Å². The second-order valence-electron chi connectivity index (χ2n) is 4.98. The van der Waals surface area contributed by atoms with Crippen LogP contribution in [0, 0.1) is 13.8 Å². The summed E-state index contributed by atoms with van der Waals surface area (Å²) in [5.41, 5.74) is 7.61. The second-order valence-corrected chi connectivity index (χ2v) is 4.98. The van der Waals surface area contributed by atoms with Crippen LogP contribution in [-0.4, -0.2) is 0 Å². The molecule has 0 N–H and O–H groups in total. The molecule has 0 aliphatic rings. The van der Waals surface area contributed by atoms with Gasteiger partial charge in [0.2, 0.25) is 0 Å². The SMILES string of the molecule is C=Cc1ccccc1/C=C(\C)c1ccc(C)cc1C. The third-order valence-corrected chi connectivity index (χ3v) is 3.39. The van der Waals surface area contributed by atoms with Crippen LogP contribution in [0.5, 0.6) is 0 Å². The fourth-order valence-electron chi connectivity index (χ4n) is 2.40. The molecule has 0 heterocycles. The van der Waals surface area contributed by atoms with Crippen molar-refractivity contribution in [3.05, 3.63) is 76.9 Å². The first-order valence-electron chi connectivity index (χ1n) is 6.59. The highest BCUT2D eigenvalue weighted by Gasteiger charge is 2.02. The average molecular weight is 248 g/mol. The minimum atomic E-state index is 1.17. The molecular weight excluding hydrogens is 228 g/mol. The molecule has 0 atom stereocenters. The van der Waals surface area contributed by atoms with Gasteiger partial charge in [0.25, 0.3) is 0 Å². The van der Waals surface area contributed by atoms with Crippen molar-refractivity contribution in [3.63, 3.8) is 0 Å². The van der Waals surface area contributed by atoms with E-state index in [0.29, 0.717) is 0 Å². The number of allylic oxidation sites excluding steroid dienone is 1. The van der Waals surface area contributed by atoms with Gasteiger partial charge in [-0.1, -0.05) is 66.8 Å². The standard InChI is InChI=1S/C19H20/c1-5-17-8-6-7-9-18(17)13-16(4)19-11-10-14(2)12-15(19)3/h5-13H,1H2,2-4H3/b16-13+. The van der Waals surface area contributed by atoms with Crippen molar-refractivity contribution in [1.29, 1.82) is 0 Å². The lowest BCUT2D eigenvalue weighted by atomic mass is 9.97. The van der Waals surface area contributed by atoms with Gasteiger partial charge in [0.15, 0.2) is 0 Å². The van der Waals surface area contributed by atoms with Gasteiger partial charge in [0, 0.05) is 0 Å². The first kappa shape index (κ1) is 13.4. The molecule has 0 saturated heterocycles. The molecule has 2 rings (SSSR count). The molecule has 0 aliphatic heterocycles. The minimum absolute atomic E-state index is 1.17. The maximum atomic E-state index is 3.87. The summed E-state index contributed by atoms with van der Waals surface area (Å²) >= 11 is 0. The van der Waals surface area contributed by atoms with E-state index in [-0.39, 0.29) is 0 Å². The molecule has 0 bridgehead atoms. The van der Waals surface area contributed by atoms with E-state index in [1.165, 1.54) is 33.4 Å². The predicted molar refractivity (Wildman–Crippen MR) is 86.0 cm³/mol. The number of benzene rings is 2. The molecule has 19 heavy (non-hydrogen) atoms. The fourth-order valence-corrected chi connectivity index (χ4v) is 2.40. The van der Waals surface area contributed by atoms with Gasteiger partial charge in [0.05, 0.1) is 0 Å². The Labute approximate surface area is 116 Å². The Hall–Kier alpha value is -2.08. The topological polar surface area (TPSA) is 0 Å². The first-order valence-corrected chi connectivity index (χ1v) is 6.59. The maximum absolute atomic E-state index is 3.87. The van der Waals surface area contributed by atoms with Crippen LogP contribution in [-0.2, 0) is 0 Å². The summed E-state index contributed by atoms with van der Waals surface area (Å²) < 4.78 is 0. The maximum Gasteiger partial charge on any atom is -0.0181 e. The van der Waals surface area contributed by atoms with Crippen LogP contribution in [0.2, 0.25) is 0 Å². The number of hydrogen-bond acceptors (Lipinski definition) is 0. The van der Waals surface area contributed by atoms with Crippen LogP contribution in [0.3, 0.4) is 0 Å². The van der Waals surface area contributed by atoms with Crippen LogP contribution >= 0.6 is 0 Å². The Balaban J connectivity index is 2.45. The Kier molecular flexibility index (Phi) is 4.01. The average Bonchev–Trinajstić information content (AvgIpc) is 2.39. The first-order chi connectivity index (χ1) is 9.11. The molecule has 2 aromatic carbocycles. The molecule has 0 aliphatic carbocycles. The lowest BCUT2D eigenvalue weighted by Gasteiger charge is -2.08. The molecule has 0 heteroatoms. The van der Waals surface area contributed by atoms with Gasteiger partial charge in [-0.15, -0.1) is 0 Å². The molecule has 0 saturated carbocycles. The molecule has 0 amide bonds. The molecule has 0 spiro atoms. The smallest absolute Gasteiger partial charge is 0.0181 e. The monoisotopic (exact) mass is 248 g/mol. The van der Waals surface area contributed by atoms with E-state index in [9.17, 15) is 0 Å². The summed E-state index contributed by atoms with van der Waals surface area (Å²) in [5, 5.41) is 0. The Morgan fingerprint density at radius 1 is 1.00 bits per heavy atom. The summed E-state index contributed by atoms with van der Waals surface area (Å²) in [4.78, 5) is 0. The van der Waals surface area contributed by atoms with E-state index in [2.05, 4.69) is 69.8 Å². The third kappa shape index (κ3) is 3.03. The lowest BCUT2D eigenvalue weighted by Crippen LogP contribution is -1.88. The zero-order valence-electron chi connectivity index (χ0n) is 11.9. The van der Waals surface area contributed by atoms with Gasteiger partial charge >= 0.3 is 0 Å². The third-order valence-electron chi connectivity index (χ3n) is 3.39. The fraction of sp³-hybridized carbons (Fsp3) is 0.158. The van der Waals surface area contributed by atoms with Crippen molar-refractivity contribution >= 4 is 17.7 Å². The van der Waals surface area contributed by atoms with Crippen LogP contribution in [0.4, 0.5) is 0 Å². The highest BCUT2D eigenvalue weighted by atomic mass is 14.1. The zero-order valence-corrected chi connectivity index (χ0v) is 11.9. The van der Waals surface area contributed by atoms with Gasteiger partial charge in [-0.05, 0) is 48.6 Å². The molecule has 0 nitrogen and oxygen atoms in total. The number of hydrogen-bond donors (Lipinski definition) is 0. The summed E-state index contributed by atoms with van der Waals surface area (Å²) in [6.07, 6.45) is 4.13. The zero-order chi connectivity index (χ0) is 13.8. The van der Waals surface area contributed by atoms with E-state index in [1.807, 2.05) is 12.1 Å². The molecule has 0 unspecified atom stereocenters. The summed E-state index contributed by atoms with van der Waals surface area (Å²) in [7, 11) is 0. The van der Waals surface area contributed by atoms with E-state index < -0.39 is 0 Å². The summed E-state index contributed by atoms with van der Waals surface area (Å²) in [5.74, 6) is 0. The lowest BCUT2D eigenvalue weighted by molar-refractivity contribution is 1.35. The highest BCUT2D eigenvalue weighted by molar-refractivity contribution is 5.84. The Morgan fingerprint density at radius 3 is 2.32 bits per heavy atom. The van der Waals surface area contributed by atoms with Crippen molar-refractivity contribution in [1.82, 2.24) is 0 Å². The van der Waals surface area contributed by atoms with Crippen molar-refractivity contribution in [2.45, 2.75) is 20.8 Å². The Bertz CT molecular complexity index is 630. The summed E-state index contributed by atoms with van der Waals surface area (Å²) in [6, 6.07) is 14.9. The van der Waals surface area contributed by atoms with Crippen LogP contribution in [0.1, 0.15) is 34.7 Å². The molecular formula is C19H20. The minimum Gasteiger partial charge on any atom is -0.0984 e. The van der Waals surface area contributed by atoms with Crippen LogP contribution < -0.4 is 0 Å². The van der Waals surface area contributed by atoms with Gasteiger partial charge < -0.3 is 0 Å². The largest absolute Gasteiger partial charge is 0.0984 e. The molecule has 0 radical (unpaired) electrons. The van der Waals surface area contributed by atoms with E-state index in [0.717, 1.165) is 0 Å². The Morgan fingerprint density at radius 2 is 1.68 bits per heavy atom. The highest BCUT2D eigenvalue weighted by Crippen LogP contribution is 2.23. The van der Waals surface area contributed by atoms with E-state index >= 15 is 0 Å². The molecule has 0 aromatic heterocycles. The van der Waals surface area contributed by atoms with Crippen molar-refractivity contribution in [2.24, 2.45) is 0 Å². The second kappa shape index (κ2) is 5.71. The predicted octanol–water partition coefficient (Wildman–Crippen LogP) is 5.51. The number of rotatable bonds is 3. The molecule has 96 valence electrons. The summed E-state index contributed by atoms with van der Waals surface area (Å²) in [6.45, 7) is 10.3. The van der Waals surface area contributed by atoms with Crippen LogP contribution in [0.25, 0.3) is 17.7 Å². The van der Waals surface area contributed by atoms with E-state index in [4.69, 9.17) is 0 Å². The van der Waals surface area contributed by atoms with Gasteiger partial charge in [-0.3, -0.25) is 0 Å². The molecule has 2 aromatic rings. The van der Waals surface area contributed by atoms with Gasteiger partial charge in [0.1, 0.15) is 0 Å². The van der Waals surface area contributed by atoms with Crippen molar-refractivity contribution in [2.75, 3.05) is 0 Å². The van der Waals surface area contributed by atoms with Crippen molar-refractivity contribution < 1.29 is 0 Å². The van der Waals surface area contributed by atoms with Crippen LogP contribution in [0.15, 0.2) is 49.0 Å². The number of aryl methyl sites for hydroxylation is 2. The quantitative estimate of drug-likeness (QED) is 0.628. The van der Waals surface area contributed by atoms with Crippen molar-refractivity contribution in [3.8, 4) is 0 Å². The molecule has 0 fully saturated rings. The normalized spacial score (nSPS) is 11.4.